The molecule has 0 aliphatic rings. The molecule has 0 atom stereocenters. The van der Waals surface area contributed by atoms with E-state index in [1.807, 2.05) is 30.3 Å². The van der Waals surface area contributed by atoms with Crippen LogP contribution in [0.25, 0.3) is 0 Å². The Morgan fingerprint density at radius 1 is 1.36 bits per heavy atom. The Bertz CT molecular complexity index is 246. The van der Waals surface area contributed by atoms with Crippen LogP contribution in [0.15, 0.2) is 45.9 Å². The van der Waals surface area contributed by atoms with Crippen molar-refractivity contribution in [3.05, 3.63) is 41.0 Å². The Balaban J connectivity index is 2.65. The molecule has 0 amide bonds. The molecule has 0 spiro atoms. The fourth-order valence-corrected chi connectivity index (χ4v) is 1.32. The molecule has 0 saturated heterocycles. The minimum absolute atomic E-state index is 0.391. The van der Waals surface area contributed by atoms with Crippen molar-refractivity contribution < 1.29 is 4.39 Å². The van der Waals surface area contributed by atoms with Crippen LogP contribution in [0.1, 0.15) is 0 Å². The zero-order chi connectivity index (χ0) is 8.10. The van der Waals surface area contributed by atoms with Gasteiger partial charge in [-0.1, -0.05) is 41.6 Å². The molecule has 0 fully saturated rings. The van der Waals surface area contributed by atoms with Crippen LogP contribution in [0, 0.1) is 0 Å². The first-order valence-electron chi connectivity index (χ1n) is 3.01. The summed E-state index contributed by atoms with van der Waals surface area (Å²) >= 11 is 6.15. The molecule has 11 heavy (non-hydrogen) atoms. The highest BCUT2D eigenvalue weighted by molar-refractivity contribution is 8.02. The van der Waals surface area contributed by atoms with E-state index in [4.69, 9.17) is 11.6 Å². The van der Waals surface area contributed by atoms with Gasteiger partial charge in [-0.3, -0.25) is 0 Å². The predicted octanol–water partition coefficient (Wildman–Crippen LogP) is 3.79. The highest BCUT2D eigenvalue weighted by atomic mass is 35.5. The van der Waals surface area contributed by atoms with Crippen molar-refractivity contribution in [1.82, 2.24) is 0 Å². The van der Waals surface area contributed by atoms with Crippen LogP contribution in [0.3, 0.4) is 0 Å². The standard InChI is InChI=1S/C8H6ClFS/c9-6-8(10)11-7-4-2-1-3-5-7/h1-6H/b8-6+. The number of hydrogen-bond acceptors (Lipinski definition) is 1. The van der Waals surface area contributed by atoms with Crippen LogP contribution in [-0.2, 0) is 0 Å². The Kier molecular flexibility index (Phi) is 3.46. The summed E-state index contributed by atoms with van der Waals surface area (Å²) in [5, 5.41) is -0.391. The van der Waals surface area contributed by atoms with Gasteiger partial charge < -0.3 is 0 Å². The van der Waals surface area contributed by atoms with Gasteiger partial charge in [0.2, 0.25) is 0 Å². The molecular formula is C8H6ClFS. The van der Waals surface area contributed by atoms with Gasteiger partial charge in [-0.2, -0.15) is 4.39 Å². The van der Waals surface area contributed by atoms with E-state index in [1.54, 1.807) is 0 Å². The molecule has 0 nitrogen and oxygen atoms in total. The maximum Gasteiger partial charge on any atom is 0.172 e. The van der Waals surface area contributed by atoms with Gasteiger partial charge in [-0.25, -0.2) is 0 Å². The van der Waals surface area contributed by atoms with Crippen molar-refractivity contribution in [3.63, 3.8) is 0 Å². The Labute approximate surface area is 74.1 Å². The molecule has 0 heterocycles. The van der Waals surface area contributed by atoms with E-state index in [0.717, 1.165) is 22.2 Å². The highest BCUT2D eigenvalue weighted by Crippen LogP contribution is 2.27. The minimum atomic E-state index is -0.391. The Morgan fingerprint density at radius 2 is 2.00 bits per heavy atom. The summed E-state index contributed by atoms with van der Waals surface area (Å²) in [4.78, 5) is 0.849. The van der Waals surface area contributed by atoms with Gasteiger partial charge in [0.05, 0.1) is 0 Å². The summed E-state index contributed by atoms with van der Waals surface area (Å²) in [6, 6.07) is 9.23. The second-order valence-electron chi connectivity index (χ2n) is 1.83. The quantitative estimate of drug-likeness (QED) is 0.637. The predicted molar refractivity (Wildman–Crippen MR) is 47.3 cm³/mol. The van der Waals surface area contributed by atoms with Crippen LogP contribution in [-0.4, -0.2) is 0 Å². The van der Waals surface area contributed by atoms with Crippen molar-refractivity contribution in [2.75, 3.05) is 0 Å². The second-order valence-corrected chi connectivity index (χ2v) is 3.11. The van der Waals surface area contributed by atoms with Crippen molar-refractivity contribution in [1.29, 1.82) is 0 Å². The first-order valence-corrected chi connectivity index (χ1v) is 4.27. The minimum Gasteiger partial charge on any atom is -0.198 e. The molecule has 0 aliphatic heterocycles. The van der Waals surface area contributed by atoms with E-state index in [0.29, 0.717) is 0 Å². The van der Waals surface area contributed by atoms with E-state index < -0.39 is 5.16 Å². The summed E-state index contributed by atoms with van der Waals surface area (Å²) in [6.07, 6.45) is 0. The molecule has 0 saturated carbocycles. The molecule has 0 unspecified atom stereocenters. The van der Waals surface area contributed by atoms with Crippen LogP contribution >= 0.6 is 23.4 Å². The Morgan fingerprint density at radius 3 is 2.55 bits per heavy atom. The van der Waals surface area contributed by atoms with E-state index in [1.165, 1.54) is 0 Å². The third-order valence-electron chi connectivity index (χ3n) is 1.04. The smallest absolute Gasteiger partial charge is 0.172 e. The van der Waals surface area contributed by atoms with Gasteiger partial charge >= 0.3 is 0 Å². The summed E-state index contributed by atoms with van der Waals surface area (Å²) < 4.78 is 12.5. The molecule has 1 aromatic carbocycles. The van der Waals surface area contributed by atoms with Crippen molar-refractivity contribution in [2.45, 2.75) is 4.90 Å². The Hall–Kier alpha value is -0.470. The second kappa shape index (κ2) is 4.42. The summed E-state index contributed by atoms with van der Waals surface area (Å²) in [5.41, 5.74) is 0.928. The summed E-state index contributed by atoms with van der Waals surface area (Å²) in [7, 11) is 0. The van der Waals surface area contributed by atoms with Gasteiger partial charge in [0.25, 0.3) is 0 Å². The van der Waals surface area contributed by atoms with Gasteiger partial charge in [-0.05, 0) is 12.1 Å². The van der Waals surface area contributed by atoms with Gasteiger partial charge in [0, 0.05) is 10.4 Å². The fourth-order valence-electron chi connectivity index (χ4n) is 0.623. The molecule has 58 valence electrons. The normalized spacial score (nSPS) is 11.6. The third-order valence-corrected chi connectivity index (χ3v) is 2.19. The summed E-state index contributed by atoms with van der Waals surface area (Å²) in [6.45, 7) is 0. The number of thioether (sulfide) groups is 1. The van der Waals surface area contributed by atoms with Crippen LogP contribution < -0.4 is 0 Å². The summed E-state index contributed by atoms with van der Waals surface area (Å²) in [5.74, 6) is 0. The SMILES string of the molecule is F/C(=C\Cl)Sc1ccccc1. The molecule has 1 aromatic rings. The molecule has 1 rings (SSSR count). The van der Waals surface area contributed by atoms with Gasteiger partial charge in [0.1, 0.15) is 0 Å². The maximum atomic E-state index is 12.5. The van der Waals surface area contributed by atoms with Crippen molar-refractivity contribution in [3.8, 4) is 0 Å². The van der Waals surface area contributed by atoms with Gasteiger partial charge in [0.15, 0.2) is 5.16 Å². The lowest BCUT2D eigenvalue weighted by molar-refractivity contribution is 0.702. The number of benzene rings is 1. The first-order chi connectivity index (χ1) is 5.33. The van der Waals surface area contributed by atoms with Crippen LogP contribution in [0.5, 0.6) is 0 Å². The number of rotatable bonds is 2. The van der Waals surface area contributed by atoms with Crippen LogP contribution in [0.2, 0.25) is 0 Å². The topological polar surface area (TPSA) is 0 Å². The van der Waals surface area contributed by atoms with Crippen LogP contribution in [0.4, 0.5) is 4.39 Å². The zero-order valence-corrected chi connectivity index (χ0v) is 7.20. The lowest BCUT2D eigenvalue weighted by Crippen LogP contribution is -1.67. The first kappa shape index (κ1) is 8.62. The van der Waals surface area contributed by atoms with E-state index >= 15 is 0 Å². The lowest BCUT2D eigenvalue weighted by atomic mass is 10.4. The maximum absolute atomic E-state index is 12.5. The molecule has 0 radical (unpaired) electrons. The average molecular weight is 189 g/mol. The number of halogens is 2. The highest BCUT2D eigenvalue weighted by Gasteiger charge is 1.95. The largest absolute Gasteiger partial charge is 0.198 e. The van der Waals surface area contributed by atoms with E-state index in [2.05, 4.69) is 0 Å². The molecule has 0 aliphatic carbocycles. The lowest BCUT2D eigenvalue weighted by Gasteiger charge is -1.94. The molecule has 3 heteroatoms. The van der Waals surface area contributed by atoms with E-state index in [-0.39, 0.29) is 0 Å². The molecule has 0 bridgehead atoms. The molecule has 0 N–H and O–H groups in total. The van der Waals surface area contributed by atoms with Crippen molar-refractivity contribution >= 4 is 23.4 Å². The molecule has 0 aromatic heterocycles. The number of hydrogen-bond donors (Lipinski definition) is 0. The van der Waals surface area contributed by atoms with Crippen molar-refractivity contribution in [2.24, 2.45) is 0 Å². The average Bonchev–Trinajstić information content (AvgIpc) is 2.06. The fraction of sp³-hybridized carbons (Fsp3) is 0. The molecular weight excluding hydrogens is 183 g/mol. The zero-order valence-electron chi connectivity index (χ0n) is 5.63. The van der Waals surface area contributed by atoms with E-state index in [9.17, 15) is 4.39 Å². The third kappa shape index (κ3) is 2.95. The van der Waals surface area contributed by atoms with Gasteiger partial charge in [-0.15, -0.1) is 0 Å². The monoisotopic (exact) mass is 188 g/mol.